The summed E-state index contributed by atoms with van der Waals surface area (Å²) in [6.07, 6.45) is 52.3. The van der Waals surface area contributed by atoms with Gasteiger partial charge in [-0.05, 0) is 83.5 Å². The number of unbranched alkanes of at least 4 members (excludes halogenated alkanes) is 19. The molecule has 0 aliphatic carbocycles. The van der Waals surface area contributed by atoms with Crippen LogP contribution in [0.5, 0.6) is 0 Å². The molecule has 0 spiro atoms. The van der Waals surface area contributed by atoms with Crippen LogP contribution >= 0.6 is 7.82 Å². The number of ether oxygens (including phenoxy) is 2. The van der Waals surface area contributed by atoms with Crippen LogP contribution in [0.1, 0.15) is 187 Å². The van der Waals surface area contributed by atoms with Gasteiger partial charge in [0, 0.05) is 19.6 Å². The summed E-state index contributed by atoms with van der Waals surface area (Å²) in [5, 5.41) is 0. The standard InChI is InChI=1S/C46H84NO7P/c1-3-5-7-9-11-13-15-17-19-21-22-23-24-26-28-30-32-34-36-38-41-51-43-45(44-53-55(49,50)52-42-40-47)54-46(48)39-37-35-33-31-29-27-25-20-18-16-14-12-10-8-6-4-2/h11,13-14,16-17,19-20,22-23,25,45H,3-10,12,15,18,21,24,26-44,47H2,1-2H3,(H,49,50)/b13-11-,16-14-,19-17-,23-22-,25-20-. The van der Waals surface area contributed by atoms with Gasteiger partial charge in [-0.1, -0.05) is 158 Å². The van der Waals surface area contributed by atoms with Crippen LogP contribution in [0.4, 0.5) is 0 Å². The van der Waals surface area contributed by atoms with E-state index in [1.165, 1.54) is 89.9 Å². The molecule has 0 saturated heterocycles. The molecule has 0 rings (SSSR count). The third-order valence-corrected chi connectivity index (χ3v) is 10.1. The lowest BCUT2D eigenvalue weighted by Crippen LogP contribution is -2.28. The van der Waals surface area contributed by atoms with Crippen LogP contribution in [0.3, 0.4) is 0 Å². The molecule has 0 heterocycles. The minimum absolute atomic E-state index is 0.0936. The largest absolute Gasteiger partial charge is 0.472 e. The molecule has 0 aromatic rings. The molecular weight excluding hydrogens is 709 g/mol. The zero-order chi connectivity index (χ0) is 40.2. The molecule has 0 aliphatic rings. The number of carbonyl (C=O) groups is 1. The van der Waals surface area contributed by atoms with Crippen molar-refractivity contribution in [1.29, 1.82) is 0 Å². The molecule has 2 atom stereocenters. The summed E-state index contributed by atoms with van der Waals surface area (Å²) in [6.45, 7) is 4.83. The van der Waals surface area contributed by atoms with E-state index in [4.69, 9.17) is 24.3 Å². The predicted octanol–water partition coefficient (Wildman–Crippen LogP) is 13.4. The molecular formula is C46H84NO7P. The Kier molecular flexibility index (Phi) is 41.9. The fraction of sp³-hybridized carbons (Fsp3) is 0.761. The molecule has 0 bridgehead atoms. The Morgan fingerprint density at radius 3 is 1.47 bits per heavy atom. The van der Waals surface area contributed by atoms with Gasteiger partial charge < -0.3 is 20.1 Å². The normalized spacial score (nSPS) is 14.0. The van der Waals surface area contributed by atoms with E-state index in [9.17, 15) is 14.3 Å². The Morgan fingerprint density at radius 1 is 0.545 bits per heavy atom. The van der Waals surface area contributed by atoms with Crippen LogP contribution in [0, 0.1) is 0 Å². The van der Waals surface area contributed by atoms with Crippen molar-refractivity contribution in [2.75, 3.05) is 33.0 Å². The molecule has 0 amide bonds. The number of phosphoric acid groups is 1. The summed E-state index contributed by atoms with van der Waals surface area (Å²) in [5.41, 5.74) is 5.37. The van der Waals surface area contributed by atoms with Crippen LogP contribution in [-0.2, 0) is 27.9 Å². The topological polar surface area (TPSA) is 117 Å². The van der Waals surface area contributed by atoms with Crippen molar-refractivity contribution in [3.05, 3.63) is 60.8 Å². The van der Waals surface area contributed by atoms with E-state index >= 15 is 0 Å². The van der Waals surface area contributed by atoms with Gasteiger partial charge in [0.15, 0.2) is 0 Å². The highest BCUT2D eigenvalue weighted by atomic mass is 31.2. The van der Waals surface area contributed by atoms with Crippen LogP contribution < -0.4 is 5.73 Å². The van der Waals surface area contributed by atoms with Crippen molar-refractivity contribution >= 4 is 13.8 Å². The van der Waals surface area contributed by atoms with Crippen molar-refractivity contribution in [2.45, 2.75) is 193 Å². The van der Waals surface area contributed by atoms with E-state index in [1.807, 2.05) is 0 Å². The van der Waals surface area contributed by atoms with Crippen molar-refractivity contribution in [3.8, 4) is 0 Å². The third kappa shape index (κ3) is 43.2. The summed E-state index contributed by atoms with van der Waals surface area (Å²) in [6, 6.07) is 0. The molecule has 9 heteroatoms. The highest BCUT2D eigenvalue weighted by Crippen LogP contribution is 2.43. The second kappa shape index (κ2) is 43.3. The van der Waals surface area contributed by atoms with E-state index in [2.05, 4.69) is 74.6 Å². The second-order valence-corrected chi connectivity index (χ2v) is 16.0. The van der Waals surface area contributed by atoms with E-state index < -0.39 is 13.9 Å². The molecule has 55 heavy (non-hydrogen) atoms. The molecule has 0 aromatic carbocycles. The average Bonchev–Trinajstić information content (AvgIpc) is 3.17. The summed E-state index contributed by atoms with van der Waals surface area (Å²) in [5.74, 6) is -0.349. The minimum Gasteiger partial charge on any atom is -0.457 e. The summed E-state index contributed by atoms with van der Waals surface area (Å²) < 4.78 is 33.4. The van der Waals surface area contributed by atoms with Crippen molar-refractivity contribution in [2.24, 2.45) is 5.73 Å². The van der Waals surface area contributed by atoms with Gasteiger partial charge in [-0.15, -0.1) is 0 Å². The van der Waals surface area contributed by atoms with Gasteiger partial charge in [0.25, 0.3) is 0 Å². The summed E-state index contributed by atoms with van der Waals surface area (Å²) in [7, 11) is -4.29. The molecule has 320 valence electrons. The lowest BCUT2D eigenvalue weighted by atomic mass is 10.1. The minimum atomic E-state index is -4.29. The van der Waals surface area contributed by atoms with Crippen molar-refractivity contribution < 1.29 is 32.8 Å². The van der Waals surface area contributed by atoms with Crippen molar-refractivity contribution in [3.63, 3.8) is 0 Å². The predicted molar refractivity (Wildman–Crippen MR) is 233 cm³/mol. The Balaban J connectivity index is 4.07. The quantitative estimate of drug-likeness (QED) is 0.0271. The fourth-order valence-corrected chi connectivity index (χ4v) is 6.62. The molecule has 0 aliphatic heterocycles. The van der Waals surface area contributed by atoms with Crippen LogP contribution in [0.15, 0.2) is 60.8 Å². The Bertz CT molecular complexity index is 1030. The number of allylic oxidation sites excluding steroid dienone is 10. The van der Waals surface area contributed by atoms with Crippen LogP contribution in [-0.4, -0.2) is 49.9 Å². The zero-order valence-corrected chi connectivity index (χ0v) is 36.3. The van der Waals surface area contributed by atoms with Gasteiger partial charge in [0.2, 0.25) is 0 Å². The fourth-order valence-electron chi connectivity index (χ4n) is 5.86. The molecule has 2 unspecified atom stereocenters. The number of rotatable bonds is 42. The van der Waals surface area contributed by atoms with Gasteiger partial charge in [0.1, 0.15) is 6.10 Å². The Morgan fingerprint density at radius 2 is 0.964 bits per heavy atom. The molecule has 0 radical (unpaired) electrons. The zero-order valence-electron chi connectivity index (χ0n) is 35.4. The highest BCUT2D eigenvalue weighted by molar-refractivity contribution is 7.47. The van der Waals surface area contributed by atoms with E-state index in [1.54, 1.807) is 0 Å². The first-order chi connectivity index (χ1) is 26.9. The van der Waals surface area contributed by atoms with E-state index in [0.29, 0.717) is 13.0 Å². The Labute approximate surface area is 338 Å². The lowest BCUT2D eigenvalue weighted by molar-refractivity contribution is -0.154. The van der Waals surface area contributed by atoms with E-state index in [-0.39, 0.29) is 32.3 Å². The maximum Gasteiger partial charge on any atom is 0.472 e. The second-order valence-electron chi connectivity index (χ2n) is 14.6. The molecule has 0 aromatic heterocycles. The molecule has 8 nitrogen and oxygen atoms in total. The SMILES string of the molecule is CCCCC/C=C\C/C=C\C/C=C\CCCCCCCCCOCC(COP(=O)(O)OCCN)OC(=O)CCCCCCC/C=C\C/C=C\CCCCCC. The number of hydrogen-bond acceptors (Lipinski definition) is 7. The monoisotopic (exact) mass is 794 g/mol. The van der Waals surface area contributed by atoms with Gasteiger partial charge in [-0.3, -0.25) is 13.8 Å². The summed E-state index contributed by atoms with van der Waals surface area (Å²) >= 11 is 0. The molecule has 0 saturated carbocycles. The van der Waals surface area contributed by atoms with E-state index in [0.717, 1.165) is 77.0 Å². The van der Waals surface area contributed by atoms with Gasteiger partial charge in [-0.25, -0.2) is 4.57 Å². The number of hydrogen-bond donors (Lipinski definition) is 2. The van der Waals surface area contributed by atoms with Gasteiger partial charge >= 0.3 is 13.8 Å². The first-order valence-corrected chi connectivity index (χ1v) is 23.8. The van der Waals surface area contributed by atoms with Crippen molar-refractivity contribution in [1.82, 2.24) is 0 Å². The number of nitrogens with two attached hydrogens (primary N) is 1. The maximum absolute atomic E-state index is 12.6. The molecule has 3 N–H and O–H groups in total. The lowest BCUT2D eigenvalue weighted by Gasteiger charge is -2.20. The first kappa shape index (κ1) is 53.2. The third-order valence-electron chi connectivity index (χ3n) is 9.16. The number of esters is 1. The summed E-state index contributed by atoms with van der Waals surface area (Å²) in [4.78, 5) is 22.5. The van der Waals surface area contributed by atoms with Gasteiger partial charge in [0.05, 0.1) is 19.8 Å². The average molecular weight is 794 g/mol. The first-order valence-electron chi connectivity index (χ1n) is 22.3. The van der Waals surface area contributed by atoms with Crippen LogP contribution in [0.2, 0.25) is 0 Å². The highest BCUT2D eigenvalue weighted by Gasteiger charge is 2.25. The van der Waals surface area contributed by atoms with Crippen LogP contribution in [0.25, 0.3) is 0 Å². The number of phosphoric ester groups is 1. The smallest absolute Gasteiger partial charge is 0.457 e. The number of carbonyl (C=O) groups excluding carboxylic acids is 1. The maximum atomic E-state index is 12.6. The van der Waals surface area contributed by atoms with Gasteiger partial charge in [-0.2, -0.15) is 0 Å². The molecule has 0 fully saturated rings. The Hall–Kier alpha value is -1.80.